The number of nitrogens with zero attached hydrogens (tertiary/aromatic N) is 1. The standard InChI is InChI=1S/C12H19N3O4S/c1-7-6-8(15-19-7)14-9(16)4-5-20-12(2,3)10(13)11(17)18/h6,10H,4-5,13H2,1-3H3,(H,17,18)(H,14,15,16)/t10-/m1/s1. The van der Waals surface area contributed by atoms with Crippen molar-refractivity contribution in [3.8, 4) is 0 Å². The van der Waals surface area contributed by atoms with Gasteiger partial charge in [-0.1, -0.05) is 5.16 Å². The molecule has 0 saturated carbocycles. The molecule has 1 amide bonds. The van der Waals surface area contributed by atoms with E-state index in [1.165, 1.54) is 11.8 Å². The van der Waals surface area contributed by atoms with Crippen molar-refractivity contribution in [2.45, 2.75) is 38.0 Å². The first-order valence-electron chi connectivity index (χ1n) is 6.08. The second-order valence-electron chi connectivity index (χ2n) is 4.89. The Morgan fingerprint density at radius 3 is 2.75 bits per heavy atom. The Kier molecular flexibility index (Phi) is 5.58. The molecule has 8 heteroatoms. The molecule has 1 aromatic heterocycles. The van der Waals surface area contributed by atoms with Gasteiger partial charge in [0.15, 0.2) is 5.82 Å². The molecule has 1 rings (SSSR count). The van der Waals surface area contributed by atoms with Crippen LogP contribution in [0.2, 0.25) is 0 Å². The van der Waals surface area contributed by atoms with E-state index >= 15 is 0 Å². The first-order valence-corrected chi connectivity index (χ1v) is 7.06. The van der Waals surface area contributed by atoms with Crippen LogP contribution >= 0.6 is 11.8 Å². The van der Waals surface area contributed by atoms with Gasteiger partial charge < -0.3 is 20.7 Å². The molecule has 112 valence electrons. The third-order valence-electron chi connectivity index (χ3n) is 2.71. The maximum Gasteiger partial charge on any atom is 0.321 e. The van der Waals surface area contributed by atoms with E-state index in [4.69, 9.17) is 15.4 Å². The van der Waals surface area contributed by atoms with Gasteiger partial charge in [-0.25, -0.2) is 0 Å². The van der Waals surface area contributed by atoms with E-state index in [0.29, 0.717) is 17.3 Å². The average Bonchev–Trinajstić information content (AvgIpc) is 2.73. The van der Waals surface area contributed by atoms with Crippen molar-refractivity contribution < 1.29 is 19.2 Å². The van der Waals surface area contributed by atoms with E-state index in [1.807, 2.05) is 0 Å². The summed E-state index contributed by atoms with van der Waals surface area (Å²) in [7, 11) is 0. The van der Waals surface area contributed by atoms with Crippen molar-refractivity contribution in [1.29, 1.82) is 0 Å². The van der Waals surface area contributed by atoms with Gasteiger partial charge in [0.05, 0.1) is 0 Å². The highest BCUT2D eigenvalue weighted by atomic mass is 32.2. The summed E-state index contributed by atoms with van der Waals surface area (Å²) in [5, 5.41) is 15.1. The minimum atomic E-state index is -1.05. The number of carboxylic acids is 1. The molecule has 0 aromatic carbocycles. The maximum atomic E-state index is 11.7. The zero-order valence-corrected chi connectivity index (χ0v) is 12.5. The van der Waals surface area contributed by atoms with Crippen molar-refractivity contribution in [3.05, 3.63) is 11.8 Å². The number of rotatable bonds is 7. The highest BCUT2D eigenvalue weighted by Gasteiger charge is 2.32. The van der Waals surface area contributed by atoms with Gasteiger partial charge in [0.25, 0.3) is 0 Å². The lowest BCUT2D eigenvalue weighted by Gasteiger charge is -2.27. The summed E-state index contributed by atoms with van der Waals surface area (Å²) in [4.78, 5) is 22.5. The second kappa shape index (κ2) is 6.76. The fourth-order valence-electron chi connectivity index (χ4n) is 1.42. The molecule has 0 fully saturated rings. The number of carbonyl (C=O) groups excluding carboxylic acids is 1. The van der Waals surface area contributed by atoms with Gasteiger partial charge in [-0.05, 0) is 20.8 Å². The molecule has 0 unspecified atom stereocenters. The summed E-state index contributed by atoms with van der Waals surface area (Å²) in [6.07, 6.45) is 0.242. The van der Waals surface area contributed by atoms with Crippen LogP contribution in [0.4, 0.5) is 5.82 Å². The molecule has 0 spiro atoms. The lowest BCUT2D eigenvalue weighted by Crippen LogP contribution is -2.46. The van der Waals surface area contributed by atoms with Crippen molar-refractivity contribution in [3.63, 3.8) is 0 Å². The SMILES string of the molecule is Cc1cc(NC(=O)CCSC(C)(C)[C@H](N)C(=O)O)no1. The van der Waals surface area contributed by atoms with Gasteiger partial charge in [0.1, 0.15) is 11.8 Å². The Bertz CT molecular complexity index is 487. The Hall–Kier alpha value is -1.54. The van der Waals surface area contributed by atoms with Gasteiger partial charge in [-0.3, -0.25) is 9.59 Å². The zero-order chi connectivity index (χ0) is 15.3. The molecule has 4 N–H and O–H groups in total. The van der Waals surface area contributed by atoms with Crippen LogP contribution < -0.4 is 11.1 Å². The lowest BCUT2D eigenvalue weighted by atomic mass is 10.1. The Balaban J connectivity index is 2.36. The number of amides is 1. The fraction of sp³-hybridized carbons (Fsp3) is 0.583. The van der Waals surface area contributed by atoms with E-state index in [1.54, 1.807) is 26.8 Å². The molecular weight excluding hydrogens is 282 g/mol. The summed E-state index contributed by atoms with van der Waals surface area (Å²) in [6.45, 7) is 5.22. The molecule has 0 radical (unpaired) electrons. The minimum absolute atomic E-state index is 0.203. The number of anilines is 1. The summed E-state index contributed by atoms with van der Waals surface area (Å²) >= 11 is 1.35. The first-order chi connectivity index (χ1) is 9.22. The smallest absolute Gasteiger partial charge is 0.321 e. The number of aromatic nitrogens is 1. The summed E-state index contributed by atoms with van der Waals surface area (Å²) in [5.41, 5.74) is 5.59. The topological polar surface area (TPSA) is 118 Å². The van der Waals surface area contributed by atoms with E-state index in [9.17, 15) is 9.59 Å². The van der Waals surface area contributed by atoms with E-state index in [-0.39, 0.29) is 12.3 Å². The predicted molar refractivity (Wildman–Crippen MR) is 76.6 cm³/mol. The molecular formula is C12H19N3O4S. The van der Waals surface area contributed by atoms with Crippen LogP contribution in [0, 0.1) is 6.92 Å². The lowest BCUT2D eigenvalue weighted by molar-refractivity contribution is -0.139. The Morgan fingerprint density at radius 2 is 2.25 bits per heavy atom. The normalized spacial score (nSPS) is 13.0. The number of carbonyl (C=O) groups is 2. The van der Waals surface area contributed by atoms with Crippen LogP contribution in [0.15, 0.2) is 10.6 Å². The number of hydrogen-bond acceptors (Lipinski definition) is 6. The van der Waals surface area contributed by atoms with Crippen LogP contribution in [0.25, 0.3) is 0 Å². The first kappa shape index (κ1) is 16.5. The summed E-state index contributed by atoms with van der Waals surface area (Å²) < 4.78 is 4.19. The molecule has 20 heavy (non-hydrogen) atoms. The molecule has 0 saturated heterocycles. The molecule has 0 aliphatic heterocycles. The predicted octanol–water partition coefficient (Wildman–Crippen LogP) is 1.24. The van der Waals surface area contributed by atoms with Crippen LogP contribution in [-0.2, 0) is 9.59 Å². The minimum Gasteiger partial charge on any atom is -0.480 e. The van der Waals surface area contributed by atoms with Crippen molar-refractivity contribution in [2.75, 3.05) is 11.1 Å². The summed E-state index contributed by atoms with van der Waals surface area (Å²) in [6, 6.07) is 0.642. The van der Waals surface area contributed by atoms with Crippen molar-refractivity contribution >= 4 is 29.5 Å². The zero-order valence-electron chi connectivity index (χ0n) is 11.7. The fourth-order valence-corrected chi connectivity index (χ4v) is 2.52. The van der Waals surface area contributed by atoms with Crippen LogP contribution in [0.5, 0.6) is 0 Å². The van der Waals surface area contributed by atoms with Crippen LogP contribution in [0.1, 0.15) is 26.0 Å². The monoisotopic (exact) mass is 301 g/mol. The van der Waals surface area contributed by atoms with Crippen molar-refractivity contribution in [2.24, 2.45) is 5.73 Å². The van der Waals surface area contributed by atoms with Gasteiger partial charge in [-0.15, -0.1) is 0 Å². The second-order valence-corrected chi connectivity index (χ2v) is 6.64. The largest absolute Gasteiger partial charge is 0.480 e. The Morgan fingerprint density at radius 1 is 1.60 bits per heavy atom. The number of carboxylic acid groups (broad SMARTS) is 1. The number of thioether (sulfide) groups is 1. The number of aliphatic carboxylic acids is 1. The molecule has 0 bridgehead atoms. The molecule has 1 aromatic rings. The van der Waals surface area contributed by atoms with E-state index in [0.717, 1.165) is 0 Å². The van der Waals surface area contributed by atoms with E-state index < -0.39 is 16.8 Å². The number of nitrogens with two attached hydrogens (primary N) is 1. The Labute approximate surface area is 121 Å². The van der Waals surface area contributed by atoms with Gasteiger partial charge in [0.2, 0.25) is 5.91 Å². The van der Waals surface area contributed by atoms with Crippen LogP contribution in [0.3, 0.4) is 0 Å². The third-order valence-corrected chi connectivity index (χ3v) is 4.12. The van der Waals surface area contributed by atoms with Crippen molar-refractivity contribution in [1.82, 2.24) is 5.16 Å². The molecule has 0 aliphatic rings. The van der Waals surface area contributed by atoms with Gasteiger partial charge >= 0.3 is 5.97 Å². The molecule has 7 nitrogen and oxygen atoms in total. The highest BCUT2D eigenvalue weighted by molar-refractivity contribution is 8.00. The molecule has 0 aliphatic carbocycles. The van der Waals surface area contributed by atoms with E-state index in [2.05, 4.69) is 10.5 Å². The van der Waals surface area contributed by atoms with Gasteiger partial charge in [0, 0.05) is 23.0 Å². The average molecular weight is 301 g/mol. The number of hydrogen-bond donors (Lipinski definition) is 3. The van der Waals surface area contributed by atoms with Gasteiger partial charge in [-0.2, -0.15) is 11.8 Å². The molecule has 1 atom stereocenters. The summed E-state index contributed by atoms with van der Waals surface area (Å²) in [5.74, 6) is 0.203. The highest BCUT2D eigenvalue weighted by Crippen LogP contribution is 2.28. The quantitative estimate of drug-likeness (QED) is 0.693. The number of aryl methyl sites for hydroxylation is 1. The number of nitrogens with one attached hydrogen (secondary N) is 1. The van der Waals surface area contributed by atoms with Crippen LogP contribution in [-0.4, -0.2) is 38.7 Å². The third kappa shape index (κ3) is 4.86. The maximum absolute atomic E-state index is 11.7. The molecule has 1 heterocycles.